The molecule has 27 heavy (non-hydrogen) atoms. The Morgan fingerprint density at radius 3 is 2.63 bits per heavy atom. The molecule has 0 fully saturated rings. The zero-order valence-electron chi connectivity index (χ0n) is 15.4. The van der Waals surface area contributed by atoms with E-state index in [0.29, 0.717) is 16.9 Å². The molecule has 0 spiro atoms. The molecule has 2 N–H and O–H groups in total. The van der Waals surface area contributed by atoms with E-state index in [0.717, 1.165) is 11.1 Å². The monoisotopic (exact) mass is 387 g/mol. The van der Waals surface area contributed by atoms with Gasteiger partial charge in [0.15, 0.2) is 0 Å². The summed E-state index contributed by atoms with van der Waals surface area (Å²) in [6, 6.07) is 8.99. The standard InChI is InChI=1S/C19H21N3O4S/c1-12-6-7-15(9-13(12)2)18-14(3)19(22-27(18,24)25)21-11-17(23)20-10-16-5-4-8-26-16/h4-9H,10-11H2,1-3H3,(H,20,23)(H,21,22). The third-order valence-electron chi connectivity index (χ3n) is 4.39. The normalized spacial score (nSPS) is 17.2. The first-order valence-electron chi connectivity index (χ1n) is 8.43. The molecule has 0 unspecified atom stereocenters. The molecule has 1 aliphatic rings. The number of rotatable bonds is 5. The summed E-state index contributed by atoms with van der Waals surface area (Å²) in [5, 5.41) is 2.67. The molecule has 8 heteroatoms. The smallest absolute Gasteiger partial charge is 0.264 e. The van der Waals surface area contributed by atoms with Crippen LogP contribution in [0.1, 0.15) is 29.4 Å². The van der Waals surface area contributed by atoms with Crippen molar-refractivity contribution < 1.29 is 17.6 Å². The number of amides is 1. The second-order valence-corrected chi connectivity index (χ2v) is 8.00. The highest BCUT2D eigenvalue weighted by Gasteiger charge is 2.32. The molecule has 1 amide bonds. The van der Waals surface area contributed by atoms with Gasteiger partial charge in [0.1, 0.15) is 23.0 Å². The minimum Gasteiger partial charge on any atom is -0.467 e. The van der Waals surface area contributed by atoms with Gasteiger partial charge in [0, 0.05) is 5.57 Å². The number of hydrogen-bond donors (Lipinski definition) is 2. The Morgan fingerprint density at radius 2 is 1.96 bits per heavy atom. The Morgan fingerprint density at radius 1 is 1.19 bits per heavy atom. The van der Waals surface area contributed by atoms with Crippen molar-refractivity contribution in [3.8, 4) is 0 Å². The van der Waals surface area contributed by atoms with E-state index in [1.807, 2.05) is 26.0 Å². The Bertz CT molecular complexity index is 1030. The van der Waals surface area contributed by atoms with Crippen molar-refractivity contribution in [3.05, 3.63) is 64.6 Å². The molecule has 0 bridgehead atoms. The fourth-order valence-corrected chi connectivity index (χ4v) is 4.29. The summed E-state index contributed by atoms with van der Waals surface area (Å²) in [6.07, 6.45) is 1.53. The third-order valence-corrected chi connectivity index (χ3v) is 5.93. The van der Waals surface area contributed by atoms with Crippen molar-refractivity contribution in [2.45, 2.75) is 27.3 Å². The van der Waals surface area contributed by atoms with Gasteiger partial charge in [0.2, 0.25) is 5.91 Å². The van der Waals surface area contributed by atoms with Gasteiger partial charge >= 0.3 is 0 Å². The Hall–Kier alpha value is -2.87. The maximum absolute atomic E-state index is 12.5. The average Bonchev–Trinajstić information content (AvgIpc) is 3.20. The van der Waals surface area contributed by atoms with Crippen LogP contribution in [0, 0.1) is 13.8 Å². The lowest BCUT2D eigenvalue weighted by atomic mass is 10.0. The molecule has 0 aliphatic carbocycles. The van der Waals surface area contributed by atoms with Gasteiger partial charge in [-0.25, -0.2) is 8.42 Å². The minimum absolute atomic E-state index is 0.184. The number of nitrogens with zero attached hydrogens (tertiary/aromatic N) is 1. The first-order valence-corrected chi connectivity index (χ1v) is 9.91. The maximum atomic E-state index is 12.5. The van der Waals surface area contributed by atoms with Gasteiger partial charge in [-0.3, -0.25) is 14.5 Å². The summed E-state index contributed by atoms with van der Waals surface area (Å²) in [5.74, 6) is 0.493. The Balaban J connectivity index is 1.78. The SMILES string of the molecule is CC1=C(c2ccc(C)c(C)c2)S(=O)(=O)NC1=NCC(=O)NCc1ccco1. The lowest BCUT2D eigenvalue weighted by molar-refractivity contribution is -0.119. The lowest BCUT2D eigenvalue weighted by Crippen LogP contribution is -2.28. The highest BCUT2D eigenvalue weighted by atomic mass is 32.2. The van der Waals surface area contributed by atoms with E-state index in [1.54, 1.807) is 25.1 Å². The van der Waals surface area contributed by atoms with Crippen LogP contribution in [-0.4, -0.2) is 26.7 Å². The van der Waals surface area contributed by atoms with Crippen molar-refractivity contribution in [3.63, 3.8) is 0 Å². The van der Waals surface area contributed by atoms with Crippen LogP contribution < -0.4 is 10.0 Å². The van der Waals surface area contributed by atoms with E-state index in [4.69, 9.17) is 4.42 Å². The van der Waals surface area contributed by atoms with Crippen molar-refractivity contribution >= 4 is 26.7 Å². The van der Waals surface area contributed by atoms with E-state index in [-0.39, 0.29) is 29.7 Å². The number of carbonyl (C=O) groups is 1. The third kappa shape index (κ3) is 4.11. The first-order chi connectivity index (χ1) is 12.8. The summed E-state index contributed by atoms with van der Waals surface area (Å²) in [6.45, 7) is 5.65. The lowest BCUT2D eigenvalue weighted by Gasteiger charge is -2.06. The van der Waals surface area contributed by atoms with E-state index in [1.165, 1.54) is 6.26 Å². The van der Waals surface area contributed by atoms with Crippen molar-refractivity contribution in [2.24, 2.45) is 4.99 Å². The first kappa shape index (κ1) is 18.9. The molecular formula is C19H21N3O4S. The summed E-state index contributed by atoms with van der Waals surface area (Å²) < 4.78 is 32.7. The quantitative estimate of drug-likeness (QED) is 0.822. The second-order valence-electron chi connectivity index (χ2n) is 6.38. The Labute approximate surface area is 158 Å². The zero-order valence-corrected chi connectivity index (χ0v) is 16.2. The van der Waals surface area contributed by atoms with Gasteiger partial charge < -0.3 is 9.73 Å². The molecule has 1 aromatic carbocycles. The molecule has 7 nitrogen and oxygen atoms in total. The predicted octanol–water partition coefficient (Wildman–Crippen LogP) is 2.28. The summed E-state index contributed by atoms with van der Waals surface area (Å²) in [7, 11) is -3.71. The molecule has 142 valence electrons. The molecule has 0 saturated carbocycles. The number of aryl methyl sites for hydroxylation is 2. The van der Waals surface area contributed by atoms with E-state index < -0.39 is 10.0 Å². The summed E-state index contributed by atoms with van der Waals surface area (Å²) >= 11 is 0. The van der Waals surface area contributed by atoms with Gasteiger partial charge in [-0.1, -0.05) is 18.2 Å². The molecule has 0 atom stereocenters. The molecule has 2 aromatic rings. The number of carbonyl (C=O) groups excluding carboxylic acids is 1. The van der Waals surface area contributed by atoms with E-state index in [9.17, 15) is 13.2 Å². The number of aliphatic imine (C=N–C) groups is 1. The second kappa shape index (κ2) is 7.40. The molecule has 1 aromatic heterocycles. The highest BCUT2D eigenvalue weighted by molar-refractivity contribution is 8.00. The van der Waals surface area contributed by atoms with Crippen LogP contribution in [0.25, 0.3) is 4.91 Å². The van der Waals surface area contributed by atoms with Gasteiger partial charge in [-0.15, -0.1) is 0 Å². The zero-order chi connectivity index (χ0) is 19.6. The van der Waals surface area contributed by atoms with Crippen LogP contribution in [0.4, 0.5) is 0 Å². The largest absolute Gasteiger partial charge is 0.467 e. The minimum atomic E-state index is -3.71. The van der Waals surface area contributed by atoms with Crippen LogP contribution >= 0.6 is 0 Å². The fourth-order valence-electron chi connectivity index (χ4n) is 2.77. The van der Waals surface area contributed by atoms with Crippen LogP contribution in [-0.2, 0) is 21.4 Å². The number of hydrogen-bond acceptors (Lipinski definition) is 5. The summed E-state index contributed by atoms with van der Waals surface area (Å²) in [4.78, 5) is 16.3. The maximum Gasteiger partial charge on any atom is 0.264 e. The van der Waals surface area contributed by atoms with Crippen molar-refractivity contribution in [2.75, 3.05) is 6.54 Å². The Kier molecular flexibility index (Phi) is 5.18. The molecule has 1 aliphatic heterocycles. The number of sulfonamides is 1. The molecule has 0 saturated heterocycles. The molecule has 3 rings (SSSR count). The van der Waals surface area contributed by atoms with Crippen molar-refractivity contribution in [1.82, 2.24) is 10.0 Å². The van der Waals surface area contributed by atoms with Gasteiger partial charge in [-0.05, 0) is 49.6 Å². The highest BCUT2D eigenvalue weighted by Crippen LogP contribution is 2.30. The van der Waals surface area contributed by atoms with Crippen LogP contribution in [0.3, 0.4) is 0 Å². The van der Waals surface area contributed by atoms with E-state index in [2.05, 4.69) is 15.0 Å². The molecule has 2 heterocycles. The average molecular weight is 387 g/mol. The van der Waals surface area contributed by atoms with Gasteiger partial charge in [-0.2, -0.15) is 0 Å². The topological polar surface area (TPSA) is 101 Å². The van der Waals surface area contributed by atoms with Crippen LogP contribution in [0.15, 0.2) is 51.6 Å². The van der Waals surface area contributed by atoms with Crippen LogP contribution in [0.2, 0.25) is 0 Å². The molecular weight excluding hydrogens is 366 g/mol. The number of amidine groups is 1. The molecule has 0 radical (unpaired) electrons. The summed E-state index contributed by atoms with van der Waals surface area (Å²) in [5.41, 5.74) is 3.20. The van der Waals surface area contributed by atoms with E-state index >= 15 is 0 Å². The van der Waals surface area contributed by atoms with Crippen molar-refractivity contribution in [1.29, 1.82) is 0 Å². The number of benzene rings is 1. The number of furan rings is 1. The van der Waals surface area contributed by atoms with Gasteiger partial charge in [0.05, 0.1) is 12.8 Å². The predicted molar refractivity (Wildman–Crippen MR) is 103 cm³/mol. The van der Waals surface area contributed by atoms with Gasteiger partial charge in [0.25, 0.3) is 10.0 Å². The fraction of sp³-hybridized carbons (Fsp3) is 0.263. The number of nitrogens with one attached hydrogen (secondary N) is 2. The van der Waals surface area contributed by atoms with Crippen LogP contribution in [0.5, 0.6) is 0 Å².